The standard InChI is InChI=1S/C12H22N2.C2H6/c1-11(2)5-8-14-7-3-4-12(10-13)6-9-14;1-2/h11-12H,3-9H2,1-2H3;1-2H3. The molecule has 0 aromatic carbocycles. The first-order valence-corrected chi connectivity index (χ1v) is 6.84. The lowest BCUT2D eigenvalue weighted by Crippen LogP contribution is -2.26. The third kappa shape index (κ3) is 6.85. The summed E-state index contributed by atoms with van der Waals surface area (Å²) in [6.07, 6.45) is 4.68. The van der Waals surface area contributed by atoms with Gasteiger partial charge in [-0.15, -0.1) is 0 Å². The van der Waals surface area contributed by atoms with E-state index in [0.29, 0.717) is 5.92 Å². The summed E-state index contributed by atoms with van der Waals surface area (Å²) >= 11 is 0. The number of rotatable bonds is 3. The monoisotopic (exact) mass is 224 g/mol. The van der Waals surface area contributed by atoms with Crippen molar-refractivity contribution in [2.24, 2.45) is 11.8 Å². The van der Waals surface area contributed by atoms with Crippen molar-refractivity contribution < 1.29 is 0 Å². The molecule has 0 radical (unpaired) electrons. The van der Waals surface area contributed by atoms with Gasteiger partial charge in [-0.05, 0) is 51.2 Å². The summed E-state index contributed by atoms with van der Waals surface area (Å²) in [5, 5.41) is 8.85. The fraction of sp³-hybridized carbons (Fsp3) is 0.929. The zero-order valence-corrected chi connectivity index (χ0v) is 11.5. The molecular weight excluding hydrogens is 196 g/mol. The predicted molar refractivity (Wildman–Crippen MR) is 70.2 cm³/mol. The van der Waals surface area contributed by atoms with E-state index in [9.17, 15) is 0 Å². The third-order valence-corrected chi connectivity index (χ3v) is 3.03. The summed E-state index contributed by atoms with van der Waals surface area (Å²) < 4.78 is 0. The van der Waals surface area contributed by atoms with Crippen LogP contribution in [0.1, 0.15) is 53.4 Å². The van der Waals surface area contributed by atoms with Gasteiger partial charge in [-0.1, -0.05) is 27.7 Å². The van der Waals surface area contributed by atoms with E-state index in [4.69, 9.17) is 5.26 Å². The summed E-state index contributed by atoms with van der Waals surface area (Å²) in [5.74, 6) is 1.11. The zero-order valence-electron chi connectivity index (χ0n) is 11.5. The topological polar surface area (TPSA) is 27.0 Å². The van der Waals surface area contributed by atoms with Gasteiger partial charge in [0.1, 0.15) is 0 Å². The maximum Gasteiger partial charge on any atom is 0.0656 e. The second-order valence-corrected chi connectivity index (χ2v) is 4.78. The van der Waals surface area contributed by atoms with Crippen LogP contribution in [0.5, 0.6) is 0 Å². The molecular formula is C14H28N2. The Morgan fingerprint density at radius 1 is 1.25 bits per heavy atom. The lowest BCUT2D eigenvalue weighted by molar-refractivity contribution is 0.266. The van der Waals surface area contributed by atoms with Gasteiger partial charge in [0.2, 0.25) is 0 Å². The second kappa shape index (κ2) is 9.66. The summed E-state index contributed by atoms with van der Waals surface area (Å²) in [5.41, 5.74) is 0. The molecule has 0 aliphatic carbocycles. The van der Waals surface area contributed by atoms with E-state index in [1.165, 1.54) is 25.9 Å². The van der Waals surface area contributed by atoms with Gasteiger partial charge >= 0.3 is 0 Å². The first-order valence-electron chi connectivity index (χ1n) is 6.84. The molecule has 1 rings (SSSR count). The molecule has 1 fully saturated rings. The minimum Gasteiger partial charge on any atom is -0.303 e. The van der Waals surface area contributed by atoms with Crippen molar-refractivity contribution in [2.45, 2.75) is 53.4 Å². The van der Waals surface area contributed by atoms with E-state index >= 15 is 0 Å². The molecule has 0 N–H and O–H groups in total. The first kappa shape index (κ1) is 15.4. The van der Waals surface area contributed by atoms with Crippen LogP contribution in [0.3, 0.4) is 0 Å². The molecule has 0 amide bonds. The lowest BCUT2D eigenvalue weighted by atomic mass is 10.0. The minimum atomic E-state index is 0.319. The van der Waals surface area contributed by atoms with E-state index in [2.05, 4.69) is 24.8 Å². The Kier molecular flexibility index (Phi) is 9.33. The molecule has 1 aliphatic heterocycles. The highest BCUT2D eigenvalue weighted by molar-refractivity contribution is 4.85. The fourth-order valence-electron chi connectivity index (χ4n) is 1.95. The molecule has 1 saturated heterocycles. The van der Waals surface area contributed by atoms with Crippen molar-refractivity contribution in [1.82, 2.24) is 4.90 Å². The van der Waals surface area contributed by atoms with Crippen LogP contribution in [-0.4, -0.2) is 24.5 Å². The van der Waals surface area contributed by atoms with Gasteiger partial charge in [0.25, 0.3) is 0 Å². The number of nitriles is 1. The smallest absolute Gasteiger partial charge is 0.0656 e. The summed E-state index contributed by atoms with van der Waals surface area (Å²) in [6, 6.07) is 2.40. The van der Waals surface area contributed by atoms with Crippen LogP contribution in [0.25, 0.3) is 0 Å². The average molecular weight is 224 g/mol. The van der Waals surface area contributed by atoms with Crippen LogP contribution in [0.4, 0.5) is 0 Å². The molecule has 0 aromatic heterocycles. The van der Waals surface area contributed by atoms with E-state index in [0.717, 1.165) is 25.3 Å². The van der Waals surface area contributed by atoms with Gasteiger partial charge < -0.3 is 4.90 Å². The van der Waals surface area contributed by atoms with Crippen molar-refractivity contribution >= 4 is 0 Å². The normalized spacial score (nSPS) is 21.9. The van der Waals surface area contributed by atoms with Gasteiger partial charge in [0, 0.05) is 5.92 Å². The Bertz CT molecular complexity index is 193. The van der Waals surface area contributed by atoms with E-state index < -0.39 is 0 Å². The molecule has 2 heteroatoms. The minimum absolute atomic E-state index is 0.319. The molecule has 94 valence electrons. The first-order chi connectivity index (χ1) is 7.72. The van der Waals surface area contributed by atoms with Crippen molar-refractivity contribution in [3.05, 3.63) is 0 Å². The number of nitrogens with zero attached hydrogens (tertiary/aromatic N) is 2. The van der Waals surface area contributed by atoms with Gasteiger partial charge in [-0.3, -0.25) is 0 Å². The Morgan fingerprint density at radius 3 is 2.50 bits per heavy atom. The number of likely N-dealkylation sites (tertiary alicyclic amines) is 1. The highest BCUT2D eigenvalue weighted by atomic mass is 15.1. The Hall–Kier alpha value is -0.550. The van der Waals surface area contributed by atoms with Crippen LogP contribution in [0.2, 0.25) is 0 Å². The molecule has 1 unspecified atom stereocenters. The number of hydrogen-bond donors (Lipinski definition) is 0. The maximum atomic E-state index is 8.85. The van der Waals surface area contributed by atoms with Crippen molar-refractivity contribution in [3.63, 3.8) is 0 Å². The van der Waals surface area contributed by atoms with Gasteiger partial charge in [-0.2, -0.15) is 5.26 Å². The van der Waals surface area contributed by atoms with E-state index in [1.54, 1.807) is 0 Å². The molecule has 16 heavy (non-hydrogen) atoms. The van der Waals surface area contributed by atoms with E-state index in [1.807, 2.05) is 13.8 Å². The average Bonchev–Trinajstić information content (AvgIpc) is 2.54. The van der Waals surface area contributed by atoms with Gasteiger partial charge in [0.05, 0.1) is 6.07 Å². The van der Waals surface area contributed by atoms with Crippen LogP contribution < -0.4 is 0 Å². The van der Waals surface area contributed by atoms with Crippen molar-refractivity contribution in [3.8, 4) is 6.07 Å². The molecule has 0 saturated carbocycles. The highest BCUT2D eigenvalue weighted by Gasteiger charge is 2.15. The zero-order chi connectivity index (χ0) is 12.4. The van der Waals surface area contributed by atoms with Gasteiger partial charge in [0.15, 0.2) is 0 Å². The SMILES string of the molecule is CC.CC(C)CCN1CCCC(C#N)CC1. The van der Waals surface area contributed by atoms with Crippen molar-refractivity contribution in [1.29, 1.82) is 5.26 Å². The summed E-state index contributed by atoms with van der Waals surface area (Å²) in [6.45, 7) is 12.1. The molecule has 1 aliphatic rings. The molecule has 1 heterocycles. The largest absolute Gasteiger partial charge is 0.303 e. The maximum absolute atomic E-state index is 8.85. The molecule has 2 nitrogen and oxygen atoms in total. The predicted octanol–water partition coefficient (Wildman–Crippen LogP) is 3.68. The van der Waals surface area contributed by atoms with Crippen molar-refractivity contribution in [2.75, 3.05) is 19.6 Å². The second-order valence-electron chi connectivity index (χ2n) is 4.78. The molecule has 0 aromatic rings. The molecule has 1 atom stereocenters. The van der Waals surface area contributed by atoms with Crippen LogP contribution in [0.15, 0.2) is 0 Å². The van der Waals surface area contributed by atoms with Crippen LogP contribution >= 0.6 is 0 Å². The third-order valence-electron chi connectivity index (χ3n) is 3.03. The van der Waals surface area contributed by atoms with Crippen LogP contribution in [0, 0.1) is 23.2 Å². The lowest BCUT2D eigenvalue weighted by Gasteiger charge is -2.20. The fourth-order valence-corrected chi connectivity index (χ4v) is 1.95. The Balaban J connectivity index is 0.00000106. The molecule has 0 bridgehead atoms. The van der Waals surface area contributed by atoms with Crippen LogP contribution in [-0.2, 0) is 0 Å². The Morgan fingerprint density at radius 2 is 1.94 bits per heavy atom. The van der Waals surface area contributed by atoms with E-state index in [-0.39, 0.29) is 0 Å². The molecule has 0 spiro atoms. The summed E-state index contributed by atoms with van der Waals surface area (Å²) in [7, 11) is 0. The Labute approximate surface area is 102 Å². The highest BCUT2D eigenvalue weighted by Crippen LogP contribution is 2.17. The summed E-state index contributed by atoms with van der Waals surface area (Å²) in [4.78, 5) is 2.53. The quantitative estimate of drug-likeness (QED) is 0.731. The van der Waals surface area contributed by atoms with Gasteiger partial charge in [-0.25, -0.2) is 0 Å². The number of hydrogen-bond acceptors (Lipinski definition) is 2.